The maximum absolute atomic E-state index is 13.7. The lowest BCUT2D eigenvalue weighted by Crippen LogP contribution is -2.22. The zero-order valence-electron chi connectivity index (χ0n) is 24.1. The summed E-state index contributed by atoms with van der Waals surface area (Å²) in [5, 5.41) is 4.65. The Balaban J connectivity index is 1.23. The van der Waals surface area contributed by atoms with Gasteiger partial charge in [0, 0.05) is 45.3 Å². The smallest absolute Gasteiger partial charge is 0.250 e. The van der Waals surface area contributed by atoms with E-state index in [4.69, 9.17) is 26.1 Å². The topological polar surface area (TPSA) is 79.9 Å². The van der Waals surface area contributed by atoms with Gasteiger partial charge >= 0.3 is 0 Å². The van der Waals surface area contributed by atoms with Crippen molar-refractivity contribution in [3.63, 3.8) is 0 Å². The third-order valence-electron chi connectivity index (χ3n) is 7.62. The number of imidazole rings is 1. The summed E-state index contributed by atoms with van der Waals surface area (Å²) < 4.78 is 43.3. The minimum Gasteiger partial charge on any atom is -0.456 e. The number of rotatable bonds is 9. The van der Waals surface area contributed by atoms with E-state index in [9.17, 15) is 8.78 Å². The molecule has 1 unspecified atom stereocenters. The van der Waals surface area contributed by atoms with Crippen LogP contribution in [0.5, 0.6) is 11.5 Å². The summed E-state index contributed by atoms with van der Waals surface area (Å²) in [5.74, 6) is -0.737. The molecule has 0 amide bonds. The molecule has 8 nitrogen and oxygen atoms in total. The van der Waals surface area contributed by atoms with E-state index >= 15 is 0 Å². The minimum atomic E-state index is -2.65. The highest BCUT2D eigenvalue weighted by atomic mass is 35.5. The summed E-state index contributed by atoms with van der Waals surface area (Å²) in [7, 11) is -1.18. The van der Waals surface area contributed by atoms with Gasteiger partial charge in [-0.1, -0.05) is 31.2 Å². The second kappa shape index (κ2) is 11.0. The number of fused-ring (bicyclic) bond motifs is 2. The van der Waals surface area contributed by atoms with E-state index < -0.39 is 14.0 Å². The summed E-state index contributed by atoms with van der Waals surface area (Å²) >= 11 is 6.80. The molecule has 1 fully saturated rings. The molecule has 1 aliphatic rings. The second-order valence-electron chi connectivity index (χ2n) is 12.1. The SMILES string of the molecule is Cc1nc2ccc(Oc3ccc4ncc(-c5cnn(C6CCC(F)(F)C6)c5)nc4c3Cl)cc2n1COCC[Si](C)(C)C. The van der Waals surface area contributed by atoms with Crippen molar-refractivity contribution in [2.24, 2.45) is 0 Å². The number of halogens is 3. The largest absolute Gasteiger partial charge is 0.456 e. The predicted molar refractivity (Wildman–Crippen MR) is 162 cm³/mol. The van der Waals surface area contributed by atoms with Crippen LogP contribution in [0.25, 0.3) is 33.3 Å². The molecule has 0 bridgehead atoms. The van der Waals surface area contributed by atoms with E-state index in [-0.39, 0.29) is 18.9 Å². The highest BCUT2D eigenvalue weighted by Gasteiger charge is 2.40. The quantitative estimate of drug-likeness (QED) is 0.123. The molecule has 12 heteroatoms. The average Bonchev–Trinajstić information content (AvgIpc) is 3.64. The molecule has 220 valence electrons. The van der Waals surface area contributed by atoms with Gasteiger partial charge in [0.1, 0.15) is 34.6 Å². The number of aromatic nitrogens is 6. The Morgan fingerprint density at radius 3 is 2.67 bits per heavy atom. The zero-order chi connectivity index (χ0) is 29.6. The standard InChI is InChI=1S/C30H33ClF2N6O2Si/c1-19-36-23-6-5-22(13-26(23)38(19)18-40-11-12-42(2,3)4)41-27-8-7-24-29(28(27)31)37-25(16-34-24)20-15-35-39(17-20)21-9-10-30(32,33)14-21/h5-8,13,15-17,21H,9-12,14,18H2,1-4H3. The molecule has 3 aromatic heterocycles. The predicted octanol–water partition coefficient (Wildman–Crippen LogP) is 8.27. The van der Waals surface area contributed by atoms with Gasteiger partial charge in [0.05, 0.1) is 40.7 Å². The highest BCUT2D eigenvalue weighted by molar-refractivity contribution is 6.76. The van der Waals surface area contributed by atoms with Gasteiger partial charge in [-0.25, -0.2) is 18.7 Å². The summed E-state index contributed by atoms with van der Waals surface area (Å²) in [4.78, 5) is 13.9. The van der Waals surface area contributed by atoms with E-state index in [0.717, 1.165) is 29.5 Å². The number of nitrogens with zero attached hydrogens (tertiary/aromatic N) is 6. The van der Waals surface area contributed by atoms with E-state index in [1.165, 1.54) is 0 Å². The molecule has 1 saturated carbocycles. The lowest BCUT2D eigenvalue weighted by molar-refractivity contribution is 0.00518. The van der Waals surface area contributed by atoms with Crippen LogP contribution in [-0.4, -0.2) is 49.9 Å². The third kappa shape index (κ3) is 6.04. The fourth-order valence-corrected chi connectivity index (χ4v) is 6.17. The fourth-order valence-electron chi connectivity index (χ4n) is 5.18. The lowest BCUT2D eigenvalue weighted by Gasteiger charge is -2.16. The Morgan fingerprint density at radius 2 is 1.90 bits per heavy atom. The van der Waals surface area contributed by atoms with Gasteiger partial charge < -0.3 is 14.0 Å². The molecule has 5 aromatic rings. The molecule has 0 N–H and O–H groups in total. The lowest BCUT2D eigenvalue weighted by atomic mass is 10.2. The van der Waals surface area contributed by atoms with Crippen molar-refractivity contribution in [1.29, 1.82) is 0 Å². The molecule has 0 radical (unpaired) electrons. The summed E-state index contributed by atoms with van der Waals surface area (Å²) in [6.07, 6.45) is 5.06. The van der Waals surface area contributed by atoms with Crippen molar-refractivity contribution in [3.8, 4) is 22.8 Å². The molecular weight excluding hydrogens is 578 g/mol. The van der Waals surface area contributed by atoms with E-state index in [1.807, 2.05) is 29.7 Å². The monoisotopic (exact) mass is 610 g/mol. The number of ether oxygens (including phenoxy) is 2. The van der Waals surface area contributed by atoms with Crippen molar-refractivity contribution in [3.05, 3.63) is 59.8 Å². The first-order valence-electron chi connectivity index (χ1n) is 14.1. The van der Waals surface area contributed by atoms with Crippen LogP contribution in [0, 0.1) is 6.92 Å². The molecule has 1 aliphatic carbocycles. The summed E-state index contributed by atoms with van der Waals surface area (Å²) in [6, 6.07) is 10.0. The number of alkyl halides is 2. The van der Waals surface area contributed by atoms with Crippen molar-refractivity contribution in [1.82, 2.24) is 29.3 Å². The Kier molecular flexibility index (Phi) is 7.53. The van der Waals surface area contributed by atoms with E-state index in [0.29, 0.717) is 52.0 Å². The van der Waals surface area contributed by atoms with Gasteiger partial charge in [-0.3, -0.25) is 9.67 Å². The Morgan fingerprint density at radius 1 is 1.10 bits per heavy atom. The first kappa shape index (κ1) is 28.7. The fraction of sp³-hybridized carbons (Fsp3) is 0.400. The molecule has 2 aromatic carbocycles. The first-order valence-corrected chi connectivity index (χ1v) is 18.1. The summed E-state index contributed by atoms with van der Waals surface area (Å²) in [6.45, 7) is 10.1. The Hall–Kier alpha value is -3.41. The number of hydrogen-bond donors (Lipinski definition) is 0. The van der Waals surface area contributed by atoms with Crippen molar-refractivity contribution in [2.75, 3.05) is 6.61 Å². The number of hydrogen-bond acceptors (Lipinski definition) is 6. The molecule has 1 atom stereocenters. The Bertz CT molecular complexity index is 1770. The van der Waals surface area contributed by atoms with E-state index in [2.05, 4.69) is 34.7 Å². The minimum absolute atomic E-state index is 0.123. The van der Waals surface area contributed by atoms with Crippen LogP contribution in [0.2, 0.25) is 30.7 Å². The van der Waals surface area contributed by atoms with Gasteiger partial charge in [-0.15, -0.1) is 0 Å². The number of benzene rings is 2. The van der Waals surface area contributed by atoms with E-state index in [1.54, 1.807) is 35.4 Å². The second-order valence-corrected chi connectivity index (χ2v) is 18.1. The van der Waals surface area contributed by atoms with Crippen LogP contribution >= 0.6 is 11.6 Å². The highest BCUT2D eigenvalue weighted by Crippen LogP contribution is 2.42. The van der Waals surface area contributed by atoms with Gasteiger partial charge in [0.2, 0.25) is 5.92 Å². The number of aryl methyl sites for hydroxylation is 1. The van der Waals surface area contributed by atoms with Gasteiger partial charge in [0.15, 0.2) is 0 Å². The third-order valence-corrected chi connectivity index (χ3v) is 9.69. The van der Waals surface area contributed by atoms with Gasteiger partial charge in [-0.05, 0) is 43.7 Å². The molecule has 3 heterocycles. The zero-order valence-corrected chi connectivity index (χ0v) is 25.8. The average molecular weight is 611 g/mol. The van der Waals surface area contributed by atoms with Crippen molar-refractivity contribution in [2.45, 2.75) is 70.6 Å². The van der Waals surface area contributed by atoms with Crippen LogP contribution in [0.3, 0.4) is 0 Å². The molecule has 6 rings (SSSR count). The van der Waals surface area contributed by atoms with Crippen LogP contribution < -0.4 is 4.74 Å². The van der Waals surface area contributed by atoms with Gasteiger partial charge in [0.25, 0.3) is 0 Å². The van der Waals surface area contributed by atoms with Crippen molar-refractivity contribution >= 4 is 41.7 Å². The maximum Gasteiger partial charge on any atom is 0.250 e. The normalized spacial score (nSPS) is 17.0. The first-order chi connectivity index (χ1) is 20.0. The molecule has 0 saturated heterocycles. The van der Waals surface area contributed by atoms with Crippen LogP contribution in [0.15, 0.2) is 48.9 Å². The maximum atomic E-state index is 13.7. The molecular formula is C30H33ClF2N6O2Si. The Labute approximate surface area is 248 Å². The van der Waals surface area contributed by atoms with Crippen LogP contribution in [0.4, 0.5) is 8.78 Å². The van der Waals surface area contributed by atoms with Crippen LogP contribution in [0.1, 0.15) is 31.1 Å². The van der Waals surface area contributed by atoms with Gasteiger partial charge in [-0.2, -0.15) is 5.10 Å². The molecule has 0 spiro atoms. The molecule has 42 heavy (non-hydrogen) atoms. The van der Waals surface area contributed by atoms with Crippen molar-refractivity contribution < 1.29 is 18.3 Å². The van der Waals surface area contributed by atoms with Crippen LogP contribution in [-0.2, 0) is 11.5 Å². The molecule has 0 aliphatic heterocycles. The summed E-state index contributed by atoms with van der Waals surface area (Å²) in [5.41, 5.74) is 4.09.